The molecule has 222 valence electrons. The molecule has 0 saturated heterocycles. The van der Waals surface area contributed by atoms with Crippen LogP contribution in [0.2, 0.25) is 0 Å². The van der Waals surface area contributed by atoms with Gasteiger partial charge in [-0.2, -0.15) is 5.12 Å². The minimum absolute atomic E-state index is 0.0111. The fraction of sp³-hybridized carbons (Fsp3) is 0.700. The summed E-state index contributed by atoms with van der Waals surface area (Å²) in [6.07, 6.45) is 4.24. The first kappa shape index (κ1) is 30.1. The maximum absolute atomic E-state index is 15.0. The van der Waals surface area contributed by atoms with E-state index in [1.54, 1.807) is 0 Å². The van der Waals surface area contributed by atoms with Crippen LogP contribution in [-0.4, -0.2) is 55.8 Å². The van der Waals surface area contributed by atoms with Crippen LogP contribution in [0.1, 0.15) is 83.0 Å². The van der Waals surface area contributed by atoms with E-state index in [0.29, 0.717) is 30.8 Å². The number of hydrogen-bond acceptors (Lipinski definition) is 6. The number of halogens is 2. The minimum Gasteiger partial charge on any atom is -0.496 e. The van der Waals surface area contributed by atoms with Gasteiger partial charge in [0, 0.05) is 12.1 Å². The summed E-state index contributed by atoms with van der Waals surface area (Å²) in [4.78, 5) is 38.8. The Morgan fingerprint density at radius 3 is 2.30 bits per heavy atom. The summed E-state index contributed by atoms with van der Waals surface area (Å²) in [5.74, 6) is -2.68. The number of carbonyl (C=O) groups is 3. The van der Waals surface area contributed by atoms with Gasteiger partial charge in [0.25, 0.3) is 11.8 Å². The molecule has 3 aliphatic rings. The number of amides is 2. The number of benzene rings is 1. The lowest BCUT2D eigenvalue weighted by molar-refractivity contribution is -0.157. The number of hydrogen-bond donors (Lipinski definition) is 1. The predicted molar refractivity (Wildman–Crippen MR) is 144 cm³/mol. The standard InChI is InChI=1S/C30H42F2N2O6/c1-29(2,3)16-34(32)27(36)24-17-7-8-18(13-17)25(24)33-26(35)20-14-23(21(31)15-22(20)38-5)40-19-9-11-30(4,12-10-19)28(37)39-6/h14-15,17-19,24-25H,7-13,16H2,1-6H3,(H,33,35)/t17-,18+,19?,24+,25-,30?/m1/s1. The summed E-state index contributed by atoms with van der Waals surface area (Å²) in [6, 6.07) is 1.91. The topological polar surface area (TPSA) is 94.2 Å². The van der Waals surface area contributed by atoms with Gasteiger partial charge < -0.3 is 19.5 Å². The molecule has 8 nitrogen and oxygen atoms in total. The molecule has 3 aliphatic carbocycles. The number of fused-ring (bicyclic) bond motifs is 2. The maximum Gasteiger partial charge on any atom is 0.311 e. The Morgan fingerprint density at radius 1 is 1.05 bits per heavy atom. The zero-order chi connectivity index (χ0) is 29.4. The molecule has 3 fully saturated rings. The normalized spacial score (nSPS) is 29.6. The van der Waals surface area contributed by atoms with Gasteiger partial charge in [-0.1, -0.05) is 25.3 Å². The number of esters is 1. The summed E-state index contributed by atoms with van der Waals surface area (Å²) >= 11 is 0. The van der Waals surface area contributed by atoms with Crippen molar-refractivity contribution < 1.29 is 37.5 Å². The van der Waals surface area contributed by atoms with Crippen molar-refractivity contribution in [1.82, 2.24) is 10.4 Å². The summed E-state index contributed by atoms with van der Waals surface area (Å²) in [6.45, 7) is 7.40. The molecule has 2 amide bonds. The van der Waals surface area contributed by atoms with Crippen LogP contribution in [0.25, 0.3) is 0 Å². The van der Waals surface area contributed by atoms with E-state index in [2.05, 4.69) is 5.32 Å². The predicted octanol–water partition coefficient (Wildman–Crippen LogP) is 5.24. The summed E-state index contributed by atoms with van der Waals surface area (Å²) in [5.41, 5.74) is -0.932. The van der Waals surface area contributed by atoms with Crippen LogP contribution in [0.3, 0.4) is 0 Å². The summed E-state index contributed by atoms with van der Waals surface area (Å²) in [7, 11) is 2.71. The lowest BCUT2D eigenvalue weighted by Crippen LogP contribution is -2.50. The monoisotopic (exact) mass is 564 g/mol. The molecule has 0 aromatic heterocycles. The third-order valence-electron chi connectivity index (χ3n) is 8.86. The molecule has 40 heavy (non-hydrogen) atoms. The molecular weight excluding hydrogens is 522 g/mol. The molecule has 4 atom stereocenters. The van der Waals surface area contributed by atoms with Crippen molar-refractivity contribution in [3.05, 3.63) is 23.5 Å². The molecule has 4 rings (SSSR count). The number of rotatable bonds is 8. The van der Waals surface area contributed by atoms with Gasteiger partial charge in [-0.15, -0.1) is 0 Å². The SMILES string of the molecule is COC(=O)C1(C)CCC(Oc2cc(C(=O)N[C@@H]3[C@H]4CC[C@H](C4)[C@@H]3C(=O)N(F)CC(C)(C)C)c(OC)cc2F)CC1. The zero-order valence-electron chi connectivity index (χ0n) is 24.4. The van der Waals surface area contributed by atoms with E-state index in [1.807, 2.05) is 27.7 Å². The van der Waals surface area contributed by atoms with Crippen LogP contribution < -0.4 is 14.8 Å². The van der Waals surface area contributed by atoms with E-state index >= 15 is 0 Å². The molecule has 0 aliphatic heterocycles. The Morgan fingerprint density at radius 2 is 1.70 bits per heavy atom. The molecule has 10 heteroatoms. The Bertz CT molecular complexity index is 1130. The molecule has 1 N–H and O–H groups in total. The Kier molecular flexibility index (Phi) is 8.66. The van der Waals surface area contributed by atoms with E-state index in [1.165, 1.54) is 20.3 Å². The summed E-state index contributed by atoms with van der Waals surface area (Å²) < 4.78 is 46.1. The van der Waals surface area contributed by atoms with Crippen LogP contribution in [-0.2, 0) is 14.3 Å². The highest BCUT2D eigenvalue weighted by Gasteiger charge is 2.53. The van der Waals surface area contributed by atoms with Crippen molar-refractivity contribution in [1.29, 1.82) is 0 Å². The fourth-order valence-corrected chi connectivity index (χ4v) is 6.69. The molecule has 0 spiro atoms. The van der Waals surface area contributed by atoms with Crippen molar-refractivity contribution in [3.8, 4) is 11.5 Å². The van der Waals surface area contributed by atoms with Crippen molar-refractivity contribution >= 4 is 17.8 Å². The van der Waals surface area contributed by atoms with Crippen molar-refractivity contribution in [2.24, 2.45) is 28.6 Å². The van der Waals surface area contributed by atoms with E-state index in [0.717, 1.165) is 25.3 Å². The second kappa shape index (κ2) is 11.5. The van der Waals surface area contributed by atoms with Gasteiger partial charge in [0.1, 0.15) is 5.75 Å². The average molecular weight is 565 g/mol. The van der Waals surface area contributed by atoms with Crippen LogP contribution in [0.5, 0.6) is 11.5 Å². The summed E-state index contributed by atoms with van der Waals surface area (Å²) in [5, 5.41) is 3.26. The Balaban J connectivity index is 1.50. The highest BCUT2D eigenvalue weighted by molar-refractivity contribution is 5.98. The van der Waals surface area contributed by atoms with Gasteiger partial charge in [0.05, 0.1) is 43.8 Å². The second-order valence-electron chi connectivity index (χ2n) is 13.1. The van der Waals surface area contributed by atoms with Crippen LogP contribution in [0, 0.1) is 34.4 Å². The number of methoxy groups -OCH3 is 2. The molecule has 3 saturated carbocycles. The largest absolute Gasteiger partial charge is 0.496 e. The van der Waals surface area contributed by atoms with Gasteiger partial charge in [0.2, 0.25) is 0 Å². The van der Waals surface area contributed by atoms with Crippen molar-refractivity contribution in [3.63, 3.8) is 0 Å². The molecule has 2 bridgehead atoms. The molecular formula is C30H42F2N2O6. The first-order valence-electron chi connectivity index (χ1n) is 14.2. The molecule has 1 aromatic rings. The highest BCUT2D eigenvalue weighted by atomic mass is 19.2. The zero-order valence-corrected chi connectivity index (χ0v) is 24.4. The maximum atomic E-state index is 15.0. The first-order valence-corrected chi connectivity index (χ1v) is 14.2. The van der Waals surface area contributed by atoms with E-state index < -0.39 is 40.4 Å². The van der Waals surface area contributed by atoms with Crippen molar-refractivity contribution in [2.45, 2.75) is 84.8 Å². The number of nitrogens with one attached hydrogen (secondary N) is 1. The van der Waals surface area contributed by atoms with E-state index in [4.69, 9.17) is 14.2 Å². The first-order chi connectivity index (χ1) is 18.8. The molecule has 0 unspecified atom stereocenters. The second-order valence-corrected chi connectivity index (χ2v) is 13.1. The van der Waals surface area contributed by atoms with Gasteiger partial charge in [0.15, 0.2) is 11.6 Å². The third-order valence-corrected chi connectivity index (χ3v) is 8.86. The molecule has 1 aromatic carbocycles. The van der Waals surface area contributed by atoms with E-state index in [-0.39, 0.29) is 47.5 Å². The number of carbonyl (C=O) groups excluding carboxylic acids is 3. The highest BCUT2D eigenvalue weighted by Crippen LogP contribution is 2.49. The van der Waals surface area contributed by atoms with Crippen LogP contribution in [0.15, 0.2) is 12.1 Å². The number of ether oxygens (including phenoxy) is 3. The molecule has 0 heterocycles. The third kappa shape index (κ3) is 6.20. The van der Waals surface area contributed by atoms with E-state index in [9.17, 15) is 23.3 Å². The Hall–Kier alpha value is -2.91. The van der Waals surface area contributed by atoms with Crippen LogP contribution in [0.4, 0.5) is 8.87 Å². The minimum atomic E-state index is -0.669. The van der Waals surface area contributed by atoms with Crippen LogP contribution >= 0.6 is 0 Å². The van der Waals surface area contributed by atoms with Gasteiger partial charge >= 0.3 is 5.97 Å². The van der Waals surface area contributed by atoms with Crippen molar-refractivity contribution in [2.75, 3.05) is 20.8 Å². The molecule has 0 radical (unpaired) electrons. The van der Waals surface area contributed by atoms with Gasteiger partial charge in [-0.3, -0.25) is 14.4 Å². The quantitative estimate of drug-likeness (QED) is 0.343. The Labute approximate surface area is 235 Å². The average Bonchev–Trinajstić information content (AvgIpc) is 3.51. The lowest BCUT2D eigenvalue weighted by Gasteiger charge is -2.35. The lowest BCUT2D eigenvalue weighted by atomic mass is 9.75. The van der Waals surface area contributed by atoms with Gasteiger partial charge in [-0.25, -0.2) is 4.39 Å². The fourth-order valence-electron chi connectivity index (χ4n) is 6.69. The van der Waals surface area contributed by atoms with Gasteiger partial charge in [-0.05, 0) is 75.2 Å². The smallest absolute Gasteiger partial charge is 0.311 e. The number of nitrogens with zero attached hydrogens (tertiary/aromatic N) is 1.